The fourth-order valence-electron chi connectivity index (χ4n) is 2.72. The van der Waals surface area contributed by atoms with Crippen molar-refractivity contribution in [1.29, 1.82) is 0 Å². The van der Waals surface area contributed by atoms with Crippen molar-refractivity contribution in [2.75, 3.05) is 13.6 Å². The Morgan fingerprint density at radius 3 is 2.10 bits per heavy atom. The van der Waals surface area contributed by atoms with Gasteiger partial charge < -0.3 is 10.0 Å². The first-order chi connectivity index (χ1) is 9.66. The van der Waals surface area contributed by atoms with Crippen LogP contribution in [0.4, 0.5) is 13.2 Å². The Kier molecular flexibility index (Phi) is 6.04. The molecule has 0 radical (unpaired) electrons. The van der Waals surface area contributed by atoms with Crippen LogP contribution in [0, 0.1) is 5.41 Å². The molecule has 1 amide bonds. The fraction of sp³-hybridized carbons (Fsp3) is 0.857. The molecule has 4 nitrogen and oxygen atoms in total. The third kappa shape index (κ3) is 5.55. The minimum atomic E-state index is -4.32. The van der Waals surface area contributed by atoms with E-state index in [0.29, 0.717) is 12.8 Å². The quantitative estimate of drug-likeness (QED) is 0.793. The molecule has 1 N–H and O–H groups in total. The number of hydrogen-bond acceptors (Lipinski definition) is 2. The average Bonchev–Trinajstić information content (AvgIpc) is 2.61. The summed E-state index contributed by atoms with van der Waals surface area (Å²) in [6.07, 6.45) is -1.41. The second-order valence-corrected chi connectivity index (χ2v) is 5.86. The molecule has 1 rings (SSSR count). The van der Waals surface area contributed by atoms with Crippen LogP contribution in [0.25, 0.3) is 0 Å². The predicted molar refractivity (Wildman–Crippen MR) is 70.7 cm³/mol. The van der Waals surface area contributed by atoms with Crippen LogP contribution in [0.1, 0.15) is 51.4 Å². The Bertz CT molecular complexity index is 374. The Morgan fingerprint density at radius 2 is 1.67 bits per heavy atom. The lowest BCUT2D eigenvalue weighted by molar-refractivity contribution is -0.156. The highest BCUT2D eigenvalue weighted by molar-refractivity contribution is 5.84. The van der Waals surface area contributed by atoms with Gasteiger partial charge in [-0.25, -0.2) is 0 Å². The van der Waals surface area contributed by atoms with Crippen LogP contribution in [0.2, 0.25) is 0 Å². The Labute approximate surface area is 122 Å². The lowest BCUT2D eigenvalue weighted by atomic mass is 9.77. The summed E-state index contributed by atoms with van der Waals surface area (Å²) < 4.78 is 36.5. The summed E-state index contributed by atoms with van der Waals surface area (Å²) in [5.74, 6) is -1.54. The van der Waals surface area contributed by atoms with E-state index in [-0.39, 0.29) is 6.42 Å². The molecular formula is C14H22F3NO3. The van der Waals surface area contributed by atoms with Gasteiger partial charge in [0, 0.05) is 20.0 Å². The number of carbonyl (C=O) groups excluding carboxylic acids is 1. The molecule has 0 aliphatic heterocycles. The van der Waals surface area contributed by atoms with Crippen LogP contribution in [-0.4, -0.2) is 41.7 Å². The van der Waals surface area contributed by atoms with E-state index in [1.165, 1.54) is 7.05 Å². The summed E-state index contributed by atoms with van der Waals surface area (Å²) in [5, 5.41) is 9.45. The molecule has 0 aromatic carbocycles. The van der Waals surface area contributed by atoms with Gasteiger partial charge in [-0.05, 0) is 12.8 Å². The van der Waals surface area contributed by atoms with Crippen molar-refractivity contribution in [2.24, 2.45) is 5.41 Å². The minimum absolute atomic E-state index is 0.212. The number of alkyl halides is 3. The molecule has 0 saturated heterocycles. The second-order valence-electron chi connectivity index (χ2n) is 5.86. The minimum Gasteiger partial charge on any atom is -0.481 e. The zero-order valence-electron chi connectivity index (χ0n) is 12.2. The molecule has 21 heavy (non-hydrogen) atoms. The maximum Gasteiger partial charge on any atom is 0.390 e. The van der Waals surface area contributed by atoms with Gasteiger partial charge in [0.15, 0.2) is 0 Å². The summed E-state index contributed by atoms with van der Waals surface area (Å²) in [6.45, 7) is -0.433. The van der Waals surface area contributed by atoms with Gasteiger partial charge in [-0.2, -0.15) is 13.2 Å². The van der Waals surface area contributed by atoms with E-state index in [4.69, 9.17) is 0 Å². The van der Waals surface area contributed by atoms with Crippen molar-refractivity contribution in [1.82, 2.24) is 4.90 Å². The summed E-state index contributed by atoms with van der Waals surface area (Å²) >= 11 is 0. The zero-order chi connectivity index (χ0) is 16.1. The van der Waals surface area contributed by atoms with Crippen LogP contribution in [0.3, 0.4) is 0 Å². The summed E-state index contributed by atoms with van der Waals surface area (Å²) in [5.41, 5.74) is -1.11. The second kappa shape index (κ2) is 7.13. The first kappa shape index (κ1) is 17.8. The van der Waals surface area contributed by atoms with Gasteiger partial charge in [-0.1, -0.05) is 25.7 Å². The number of carboxylic acids is 1. The number of carboxylic acid groups (broad SMARTS) is 1. The highest BCUT2D eigenvalue weighted by Gasteiger charge is 2.41. The Balaban J connectivity index is 2.66. The fourth-order valence-corrected chi connectivity index (χ4v) is 2.72. The topological polar surface area (TPSA) is 57.6 Å². The van der Waals surface area contributed by atoms with Gasteiger partial charge >= 0.3 is 12.1 Å². The van der Waals surface area contributed by atoms with Gasteiger partial charge in [0.05, 0.1) is 11.8 Å². The number of amides is 1. The van der Waals surface area contributed by atoms with E-state index in [1.54, 1.807) is 0 Å². The normalized spacial score (nSPS) is 18.9. The van der Waals surface area contributed by atoms with Gasteiger partial charge in [0.2, 0.25) is 5.91 Å². The number of carbonyl (C=O) groups is 2. The van der Waals surface area contributed by atoms with E-state index < -0.39 is 36.4 Å². The molecule has 1 aliphatic rings. The maximum atomic E-state index is 12.2. The average molecular weight is 309 g/mol. The third-order valence-corrected chi connectivity index (χ3v) is 4.16. The zero-order valence-corrected chi connectivity index (χ0v) is 12.2. The molecule has 1 aliphatic carbocycles. The van der Waals surface area contributed by atoms with Crippen LogP contribution >= 0.6 is 0 Å². The van der Waals surface area contributed by atoms with Crippen molar-refractivity contribution in [3.05, 3.63) is 0 Å². The third-order valence-electron chi connectivity index (χ3n) is 4.16. The monoisotopic (exact) mass is 309 g/mol. The Hall–Kier alpha value is -1.27. The van der Waals surface area contributed by atoms with Crippen molar-refractivity contribution in [3.8, 4) is 0 Å². The smallest absolute Gasteiger partial charge is 0.390 e. The predicted octanol–water partition coefficient (Wildman–Crippen LogP) is 3.21. The largest absolute Gasteiger partial charge is 0.481 e. The molecule has 0 bridgehead atoms. The van der Waals surface area contributed by atoms with E-state index in [9.17, 15) is 27.9 Å². The number of rotatable bonds is 5. The van der Waals surface area contributed by atoms with Gasteiger partial charge in [0.1, 0.15) is 0 Å². The van der Waals surface area contributed by atoms with E-state index in [0.717, 1.165) is 30.6 Å². The van der Waals surface area contributed by atoms with E-state index in [2.05, 4.69) is 0 Å². The van der Waals surface area contributed by atoms with Gasteiger partial charge in [-0.3, -0.25) is 9.59 Å². The Morgan fingerprint density at radius 1 is 1.14 bits per heavy atom. The summed E-state index contributed by atoms with van der Waals surface area (Å²) in [6, 6.07) is 0. The van der Waals surface area contributed by atoms with Crippen LogP contribution in [0.5, 0.6) is 0 Å². The lowest BCUT2D eigenvalue weighted by Crippen LogP contribution is -2.39. The van der Waals surface area contributed by atoms with Crippen LogP contribution in [-0.2, 0) is 9.59 Å². The molecule has 0 atom stereocenters. The maximum absolute atomic E-state index is 12.2. The molecule has 0 aromatic rings. The number of nitrogens with zero attached hydrogens (tertiary/aromatic N) is 1. The number of hydrogen-bond donors (Lipinski definition) is 1. The highest BCUT2D eigenvalue weighted by Crippen LogP contribution is 2.39. The number of halogens is 3. The molecule has 122 valence electrons. The number of aliphatic carboxylic acids is 1. The van der Waals surface area contributed by atoms with Crippen molar-refractivity contribution < 1.29 is 27.9 Å². The molecule has 0 aromatic heterocycles. The molecular weight excluding hydrogens is 287 g/mol. The van der Waals surface area contributed by atoms with E-state index in [1.807, 2.05) is 0 Å². The molecule has 0 heterocycles. The standard InChI is InChI=1S/C14H22F3NO3/c1-18(9-8-14(15,16)17)11(19)10-13(12(20)21)6-4-2-3-5-7-13/h2-10H2,1H3,(H,20,21). The van der Waals surface area contributed by atoms with Crippen LogP contribution in [0.15, 0.2) is 0 Å². The van der Waals surface area contributed by atoms with E-state index >= 15 is 0 Å². The molecule has 7 heteroatoms. The van der Waals surface area contributed by atoms with Crippen LogP contribution < -0.4 is 0 Å². The highest BCUT2D eigenvalue weighted by atomic mass is 19.4. The van der Waals surface area contributed by atoms with Crippen molar-refractivity contribution in [3.63, 3.8) is 0 Å². The molecule has 1 saturated carbocycles. The lowest BCUT2D eigenvalue weighted by Gasteiger charge is -2.29. The first-order valence-corrected chi connectivity index (χ1v) is 7.20. The van der Waals surface area contributed by atoms with Gasteiger partial charge in [-0.15, -0.1) is 0 Å². The molecule has 1 fully saturated rings. The summed E-state index contributed by atoms with van der Waals surface area (Å²) in [7, 11) is 1.29. The van der Waals surface area contributed by atoms with Crippen molar-refractivity contribution >= 4 is 11.9 Å². The first-order valence-electron chi connectivity index (χ1n) is 7.20. The summed E-state index contributed by atoms with van der Waals surface area (Å²) in [4.78, 5) is 24.6. The van der Waals surface area contributed by atoms with Crippen molar-refractivity contribution in [2.45, 2.75) is 57.5 Å². The SMILES string of the molecule is CN(CCC(F)(F)F)C(=O)CC1(C(=O)O)CCCCCC1. The molecule has 0 unspecified atom stereocenters. The molecule has 0 spiro atoms. The van der Waals surface area contributed by atoms with Gasteiger partial charge in [0.25, 0.3) is 0 Å².